The van der Waals surface area contributed by atoms with Crippen molar-refractivity contribution < 1.29 is 14.6 Å². The van der Waals surface area contributed by atoms with Crippen LogP contribution in [0.2, 0.25) is 0 Å². The van der Waals surface area contributed by atoms with E-state index in [1.54, 1.807) is 23.1 Å². The standard InChI is InChI=1S/C13H13N3O4/c17-13(15-6-3-7-15)12-8-10(14-20-12)9-4-1-2-5-11(9)16(18)19/h1-2,4-5,12H,3,6-8H2/t12-/m0/s1. The van der Waals surface area contributed by atoms with Crippen LogP contribution < -0.4 is 0 Å². The first-order valence-corrected chi connectivity index (χ1v) is 6.42. The summed E-state index contributed by atoms with van der Waals surface area (Å²) < 4.78 is 0. The molecule has 7 nitrogen and oxygen atoms in total. The summed E-state index contributed by atoms with van der Waals surface area (Å²) in [5.74, 6) is -0.0893. The van der Waals surface area contributed by atoms with Gasteiger partial charge in [-0.3, -0.25) is 14.9 Å². The minimum absolute atomic E-state index is 0.0214. The fourth-order valence-corrected chi connectivity index (χ4v) is 2.29. The normalized spacial score (nSPS) is 20.9. The lowest BCUT2D eigenvalue weighted by Gasteiger charge is -2.32. The topological polar surface area (TPSA) is 85.0 Å². The number of nitro groups is 1. The number of carbonyl (C=O) groups is 1. The van der Waals surface area contributed by atoms with Crippen LogP contribution in [0.4, 0.5) is 5.69 Å². The Balaban J connectivity index is 1.77. The van der Waals surface area contributed by atoms with E-state index in [1.807, 2.05) is 0 Å². The minimum atomic E-state index is -0.648. The molecule has 1 saturated heterocycles. The molecule has 0 aromatic heterocycles. The number of carbonyl (C=O) groups excluding carboxylic acids is 1. The van der Waals surface area contributed by atoms with Crippen LogP contribution in [0.3, 0.4) is 0 Å². The molecule has 0 aliphatic carbocycles. The van der Waals surface area contributed by atoms with Crippen molar-refractivity contribution in [3.05, 3.63) is 39.9 Å². The Morgan fingerprint density at radius 1 is 1.40 bits per heavy atom. The summed E-state index contributed by atoms with van der Waals surface area (Å²) in [6.45, 7) is 1.50. The van der Waals surface area contributed by atoms with E-state index in [2.05, 4.69) is 5.16 Å². The first-order chi connectivity index (χ1) is 9.66. The van der Waals surface area contributed by atoms with Gasteiger partial charge in [-0.2, -0.15) is 0 Å². The molecule has 3 rings (SSSR count). The molecule has 1 aromatic carbocycles. The average molecular weight is 275 g/mol. The van der Waals surface area contributed by atoms with Crippen molar-refractivity contribution in [1.82, 2.24) is 4.90 Å². The van der Waals surface area contributed by atoms with E-state index in [4.69, 9.17) is 4.84 Å². The van der Waals surface area contributed by atoms with Gasteiger partial charge in [-0.15, -0.1) is 0 Å². The van der Waals surface area contributed by atoms with Gasteiger partial charge in [0, 0.05) is 25.6 Å². The SMILES string of the molecule is O=C([C@@H]1CC(c2ccccc2[N+](=O)[O-])=NO1)N1CCC1. The summed E-state index contributed by atoms with van der Waals surface area (Å²) in [6, 6.07) is 6.34. The third kappa shape index (κ3) is 2.11. The molecule has 0 saturated carbocycles. The summed E-state index contributed by atoms with van der Waals surface area (Å²) >= 11 is 0. The summed E-state index contributed by atoms with van der Waals surface area (Å²) in [5, 5.41) is 14.8. The van der Waals surface area contributed by atoms with Crippen molar-refractivity contribution in [3.63, 3.8) is 0 Å². The molecular weight excluding hydrogens is 262 g/mol. The maximum Gasteiger partial charge on any atom is 0.278 e. The van der Waals surface area contributed by atoms with Gasteiger partial charge in [0.1, 0.15) is 0 Å². The summed E-state index contributed by atoms with van der Waals surface area (Å²) in [7, 11) is 0. The van der Waals surface area contributed by atoms with Gasteiger partial charge in [-0.1, -0.05) is 17.3 Å². The van der Waals surface area contributed by atoms with Crippen molar-refractivity contribution in [2.45, 2.75) is 18.9 Å². The highest BCUT2D eigenvalue weighted by atomic mass is 16.6. The van der Waals surface area contributed by atoms with Crippen LogP contribution in [0.5, 0.6) is 0 Å². The van der Waals surface area contributed by atoms with Gasteiger partial charge in [0.2, 0.25) is 6.10 Å². The highest BCUT2D eigenvalue weighted by Gasteiger charge is 2.35. The molecule has 0 N–H and O–H groups in total. The second-order valence-electron chi connectivity index (χ2n) is 4.79. The maximum atomic E-state index is 12.0. The van der Waals surface area contributed by atoms with Crippen molar-refractivity contribution in [3.8, 4) is 0 Å². The predicted molar refractivity (Wildman–Crippen MR) is 70.3 cm³/mol. The van der Waals surface area contributed by atoms with Gasteiger partial charge < -0.3 is 9.74 Å². The number of nitrogens with zero attached hydrogens (tertiary/aromatic N) is 3. The molecule has 2 aliphatic heterocycles. The zero-order chi connectivity index (χ0) is 14.1. The third-order valence-corrected chi connectivity index (χ3v) is 3.52. The highest BCUT2D eigenvalue weighted by Crippen LogP contribution is 2.25. The third-order valence-electron chi connectivity index (χ3n) is 3.52. The van der Waals surface area contributed by atoms with E-state index in [0.29, 0.717) is 11.3 Å². The van der Waals surface area contributed by atoms with Crippen LogP contribution in [0.25, 0.3) is 0 Å². The van der Waals surface area contributed by atoms with Gasteiger partial charge in [-0.05, 0) is 12.5 Å². The van der Waals surface area contributed by atoms with E-state index in [-0.39, 0.29) is 18.0 Å². The van der Waals surface area contributed by atoms with Crippen molar-refractivity contribution in [2.75, 3.05) is 13.1 Å². The lowest BCUT2D eigenvalue weighted by molar-refractivity contribution is -0.385. The quantitative estimate of drug-likeness (QED) is 0.615. The van der Waals surface area contributed by atoms with Crippen LogP contribution in [0, 0.1) is 10.1 Å². The van der Waals surface area contributed by atoms with Gasteiger partial charge in [0.25, 0.3) is 11.6 Å². The number of nitro benzene ring substituents is 1. The summed E-state index contributed by atoms with van der Waals surface area (Å²) in [4.78, 5) is 29.4. The van der Waals surface area contributed by atoms with E-state index >= 15 is 0 Å². The molecule has 2 aliphatic rings. The number of hydrogen-bond acceptors (Lipinski definition) is 5. The maximum absolute atomic E-state index is 12.0. The van der Waals surface area contributed by atoms with Crippen LogP contribution >= 0.6 is 0 Å². The summed E-state index contributed by atoms with van der Waals surface area (Å²) in [6.07, 6.45) is 0.640. The molecule has 7 heteroatoms. The first-order valence-electron chi connectivity index (χ1n) is 6.42. The molecule has 0 radical (unpaired) electrons. The van der Waals surface area contributed by atoms with Crippen LogP contribution in [-0.2, 0) is 9.63 Å². The molecule has 20 heavy (non-hydrogen) atoms. The number of benzene rings is 1. The molecule has 0 bridgehead atoms. The number of amides is 1. The minimum Gasteiger partial charge on any atom is -0.382 e. The van der Waals surface area contributed by atoms with E-state index in [9.17, 15) is 14.9 Å². The lowest BCUT2D eigenvalue weighted by Crippen LogP contribution is -2.47. The fourth-order valence-electron chi connectivity index (χ4n) is 2.29. The van der Waals surface area contributed by atoms with E-state index in [0.717, 1.165) is 19.5 Å². The smallest absolute Gasteiger partial charge is 0.278 e. The second kappa shape index (κ2) is 4.92. The van der Waals surface area contributed by atoms with Gasteiger partial charge >= 0.3 is 0 Å². The molecule has 0 spiro atoms. The average Bonchev–Trinajstić information content (AvgIpc) is 2.86. The van der Waals surface area contributed by atoms with Crippen molar-refractivity contribution in [2.24, 2.45) is 5.16 Å². The molecule has 1 atom stereocenters. The Labute approximate surface area is 115 Å². The second-order valence-corrected chi connectivity index (χ2v) is 4.79. The van der Waals surface area contributed by atoms with Crippen LogP contribution in [0.15, 0.2) is 29.4 Å². The number of hydrogen-bond donors (Lipinski definition) is 0. The number of rotatable bonds is 3. The fraction of sp³-hybridized carbons (Fsp3) is 0.385. The number of likely N-dealkylation sites (tertiary alicyclic amines) is 1. The molecule has 104 valence electrons. The zero-order valence-corrected chi connectivity index (χ0v) is 10.7. The number of para-hydroxylation sites is 1. The van der Waals surface area contributed by atoms with Gasteiger partial charge in [0.15, 0.2) is 0 Å². The lowest BCUT2D eigenvalue weighted by atomic mass is 10.0. The highest BCUT2D eigenvalue weighted by molar-refractivity contribution is 6.06. The predicted octanol–water partition coefficient (Wildman–Crippen LogP) is 1.32. The summed E-state index contributed by atoms with van der Waals surface area (Å²) in [5.41, 5.74) is 0.847. The van der Waals surface area contributed by atoms with Gasteiger partial charge in [-0.25, -0.2) is 0 Å². The Bertz CT molecular complexity index is 595. The monoisotopic (exact) mass is 275 g/mol. The first kappa shape index (κ1) is 12.6. The molecule has 1 aromatic rings. The van der Waals surface area contributed by atoms with E-state index < -0.39 is 11.0 Å². The Morgan fingerprint density at radius 3 is 2.80 bits per heavy atom. The molecule has 1 amide bonds. The largest absolute Gasteiger partial charge is 0.382 e. The van der Waals surface area contributed by atoms with E-state index in [1.165, 1.54) is 6.07 Å². The molecule has 2 heterocycles. The van der Waals surface area contributed by atoms with Crippen molar-refractivity contribution >= 4 is 17.3 Å². The molecule has 0 unspecified atom stereocenters. The van der Waals surface area contributed by atoms with Crippen LogP contribution in [-0.4, -0.2) is 40.6 Å². The van der Waals surface area contributed by atoms with Gasteiger partial charge in [0.05, 0.1) is 16.2 Å². The van der Waals surface area contributed by atoms with Crippen molar-refractivity contribution in [1.29, 1.82) is 0 Å². The Kier molecular flexibility index (Phi) is 3.09. The molecular formula is C13H13N3O4. The number of oxime groups is 1. The molecule has 1 fully saturated rings. The zero-order valence-electron chi connectivity index (χ0n) is 10.7. The van der Waals surface area contributed by atoms with Crippen LogP contribution in [0.1, 0.15) is 18.4 Å². The Hall–Kier alpha value is -2.44. The Morgan fingerprint density at radius 2 is 2.15 bits per heavy atom.